The van der Waals surface area contributed by atoms with Crippen molar-refractivity contribution in [3.63, 3.8) is 0 Å². The average Bonchev–Trinajstić information content (AvgIpc) is 2.64. The maximum atomic E-state index is 12.6. The van der Waals surface area contributed by atoms with Gasteiger partial charge in [0.1, 0.15) is 0 Å². The van der Waals surface area contributed by atoms with Gasteiger partial charge in [0, 0.05) is 12.7 Å². The minimum absolute atomic E-state index is 0.140. The van der Waals surface area contributed by atoms with Crippen molar-refractivity contribution in [3.8, 4) is 17.1 Å². The van der Waals surface area contributed by atoms with E-state index >= 15 is 0 Å². The quantitative estimate of drug-likeness (QED) is 0.659. The van der Waals surface area contributed by atoms with Crippen LogP contribution in [0.1, 0.15) is 64.3 Å². The monoisotopic (exact) mass is 358 g/mol. The molecular formula is C20H30N4O2. The number of hydrogen-bond donors (Lipinski definition) is 2. The maximum Gasteiger partial charge on any atom is 0.257 e. The van der Waals surface area contributed by atoms with Gasteiger partial charge in [-0.15, -0.1) is 0 Å². The van der Waals surface area contributed by atoms with E-state index in [9.17, 15) is 4.79 Å². The Morgan fingerprint density at radius 2 is 1.96 bits per heavy atom. The topological polar surface area (TPSA) is 79.9 Å². The van der Waals surface area contributed by atoms with Crippen molar-refractivity contribution >= 4 is 5.82 Å². The molecule has 6 heteroatoms. The van der Waals surface area contributed by atoms with Gasteiger partial charge in [-0.2, -0.15) is 0 Å². The molecule has 2 N–H and O–H groups in total. The van der Waals surface area contributed by atoms with Crippen LogP contribution in [0.5, 0.6) is 5.88 Å². The molecule has 0 aliphatic carbocycles. The zero-order chi connectivity index (χ0) is 19.1. The Morgan fingerprint density at radius 3 is 2.54 bits per heavy atom. The number of H-pyrrole nitrogens is 1. The molecule has 0 saturated carbocycles. The molecule has 0 fully saturated rings. The Kier molecular flexibility index (Phi) is 7.18. The number of aromatic nitrogens is 3. The van der Waals surface area contributed by atoms with E-state index in [1.165, 1.54) is 0 Å². The first kappa shape index (κ1) is 19.9. The lowest BCUT2D eigenvalue weighted by Crippen LogP contribution is -2.15. The van der Waals surface area contributed by atoms with E-state index in [0.717, 1.165) is 30.7 Å². The molecule has 0 radical (unpaired) electrons. The fraction of sp³-hybridized carbons (Fsp3) is 0.550. The summed E-state index contributed by atoms with van der Waals surface area (Å²) in [4.78, 5) is 24.8. The number of aromatic amines is 1. The van der Waals surface area contributed by atoms with Crippen molar-refractivity contribution in [1.29, 1.82) is 0 Å². The molecule has 0 atom stereocenters. The van der Waals surface area contributed by atoms with E-state index in [2.05, 4.69) is 27.2 Å². The lowest BCUT2D eigenvalue weighted by Gasteiger charge is -2.14. The summed E-state index contributed by atoms with van der Waals surface area (Å²) in [5.41, 5.74) is 2.67. The van der Waals surface area contributed by atoms with Crippen molar-refractivity contribution in [3.05, 3.63) is 33.9 Å². The molecule has 2 rings (SSSR count). The molecule has 0 aliphatic heterocycles. The predicted octanol–water partition coefficient (Wildman–Crippen LogP) is 4.13. The summed E-state index contributed by atoms with van der Waals surface area (Å²) >= 11 is 0. The molecule has 6 nitrogen and oxygen atoms in total. The van der Waals surface area contributed by atoms with Crippen molar-refractivity contribution in [2.45, 2.75) is 59.3 Å². The molecule has 0 amide bonds. The largest absolute Gasteiger partial charge is 0.475 e. The SMILES string of the molecule is CCCCCOc1nc(CC)c(-c2ccc(C(C)C)[nH]c2=O)nc1NC. The lowest BCUT2D eigenvalue weighted by atomic mass is 10.1. The standard InChI is InChI=1S/C20H30N4O2/c1-6-8-9-12-26-20-18(21-5)24-17(15(7-2)23-20)14-10-11-16(13(3)4)22-19(14)25/h10-11,13H,6-9,12H2,1-5H3,(H,21,24)(H,22,25). The normalized spacial score (nSPS) is 11.0. The molecule has 2 heterocycles. The first-order valence-electron chi connectivity index (χ1n) is 9.46. The maximum absolute atomic E-state index is 12.6. The van der Waals surface area contributed by atoms with Gasteiger partial charge in [0.05, 0.1) is 23.6 Å². The van der Waals surface area contributed by atoms with E-state index in [4.69, 9.17) is 4.74 Å². The highest BCUT2D eigenvalue weighted by molar-refractivity contribution is 5.64. The van der Waals surface area contributed by atoms with Crippen LogP contribution in [-0.4, -0.2) is 28.6 Å². The van der Waals surface area contributed by atoms with E-state index < -0.39 is 0 Å². The van der Waals surface area contributed by atoms with Gasteiger partial charge in [-0.05, 0) is 30.9 Å². The van der Waals surface area contributed by atoms with Crippen molar-refractivity contribution in [2.24, 2.45) is 0 Å². The summed E-state index contributed by atoms with van der Waals surface area (Å²) in [6.07, 6.45) is 3.92. The first-order valence-corrected chi connectivity index (χ1v) is 9.46. The zero-order valence-corrected chi connectivity index (χ0v) is 16.5. The highest BCUT2D eigenvalue weighted by Gasteiger charge is 2.17. The summed E-state index contributed by atoms with van der Waals surface area (Å²) in [5.74, 6) is 1.32. The van der Waals surface area contributed by atoms with Gasteiger partial charge in [-0.25, -0.2) is 9.97 Å². The summed E-state index contributed by atoms with van der Waals surface area (Å²) in [6, 6.07) is 3.77. The molecule has 0 aromatic carbocycles. The number of anilines is 1. The molecule has 0 unspecified atom stereocenters. The van der Waals surface area contributed by atoms with Gasteiger partial charge < -0.3 is 15.0 Å². The Morgan fingerprint density at radius 1 is 1.19 bits per heavy atom. The van der Waals surface area contributed by atoms with Crippen LogP contribution < -0.4 is 15.6 Å². The van der Waals surface area contributed by atoms with Crippen LogP contribution in [-0.2, 0) is 6.42 Å². The van der Waals surface area contributed by atoms with Crippen LogP contribution >= 0.6 is 0 Å². The second-order valence-corrected chi connectivity index (χ2v) is 6.64. The highest BCUT2D eigenvalue weighted by atomic mass is 16.5. The van der Waals surface area contributed by atoms with Crippen molar-refractivity contribution in [1.82, 2.24) is 15.0 Å². The smallest absolute Gasteiger partial charge is 0.257 e. The van der Waals surface area contributed by atoms with E-state index in [1.54, 1.807) is 7.05 Å². The number of rotatable bonds is 9. The number of aryl methyl sites for hydroxylation is 1. The van der Waals surface area contributed by atoms with Gasteiger partial charge >= 0.3 is 0 Å². The second kappa shape index (κ2) is 9.36. The van der Waals surface area contributed by atoms with E-state index in [-0.39, 0.29) is 11.5 Å². The molecule has 0 spiro atoms. The van der Waals surface area contributed by atoms with Gasteiger partial charge in [-0.1, -0.05) is 40.5 Å². The van der Waals surface area contributed by atoms with Crippen LogP contribution in [0.4, 0.5) is 5.82 Å². The lowest BCUT2D eigenvalue weighted by molar-refractivity contribution is 0.294. The Balaban J connectivity index is 2.41. The van der Waals surface area contributed by atoms with Crippen LogP contribution in [0.2, 0.25) is 0 Å². The Bertz CT molecular complexity index is 784. The minimum Gasteiger partial charge on any atom is -0.475 e. The van der Waals surface area contributed by atoms with Gasteiger partial charge in [-0.3, -0.25) is 4.79 Å². The number of ether oxygens (including phenoxy) is 1. The fourth-order valence-electron chi connectivity index (χ4n) is 2.71. The van der Waals surface area contributed by atoms with E-state index in [0.29, 0.717) is 36.0 Å². The third kappa shape index (κ3) is 4.62. The molecule has 0 saturated heterocycles. The van der Waals surface area contributed by atoms with Crippen LogP contribution in [0, 0.1) is 0 Å². The fourth-order valence-corrected chi connectivity index (χ4v) is 2.71. The summed E-state index contributed by atoms with van der Waals surface area (Å²) < 4.78 is 5.82. The molecular weight excluding hydrogens is 328 g/mol. The number of nitrogens with zero attached hydrogens (tertiary/aromatic N) is 2. The summed E-state index contributed by atoms with van der Waals surface area (Å²) in [6.45, 7) is 8.87. The molecule has 2 aromatic rings. The molecule has 2 aromatic heterocycles. The summed E-state index contributed by atoms with van der Waals surface area (Å²) in [5, 5.41) is 3.04. The zero-order valence-electron chi connectivity index (χ0n) is 16.5. The highest BCUT2D eigenvalue weighted by Crippen LogP contribution is 2.27. The number of pyridine rings is 1. The number of hydrogen-bond acceptors (Lipinski definition) is 5. The van der Waals surface area contributed by atoms with Gasteiger partial charge in [0.15, 0.2) is 5.82 Å². The van der Waals surface area contributed by atoms with Crippen LogP contribution in [0.15, 0.2) is 16.9 Å². The minimum atomic E-state index is -0.140. The Hall–Kier alpha value is -2.37. The van der Waals surface area contributed by atoms with Crippen molar-refractivity contribution in [2.75, 3.05) is 19.0 Å². The van der Waals surface area contributed by atoms with Crippen LogP contribution in [0.3, 0.4) is 0 Å². The van der Waals surface area contributed by atoms with Crippen LogP contribution in [0.25, 0.3) is 11.3 Å². The number of nitrogens with one attached hydrogen (secondary N) is 2. The first-order chi connectivity index (χ1) is 12.5. The third-order valence-electron chi connectivity index (χ3n) is 4.30. The molecule has 0 bridgehead atoms. The molecule has 26 heavy (non-hydrogen) atoms. The average molecular weight is 358 g/mol. The van der Waals surface area contributed by atoms with Gasteiger partial charge in [0.2, 0.25) is 0 Å². The summed E-state index contributed by atoms with van der Waals surface area (Å²) in [7, 11) is 1.78. The molecule has 142 valence electrons. The van der Waals surface area contributed by atoms with Crippen molar-refractivity contribution < 1.29 is 4.74 Å². The molecule has 0 aliphatic rings. The Labute approximate surface area is 155 Å². The predicted molar refractivity (Wildman–Crippen MR) is 106 cm³/mol. The second-order valence-electron chi connectivity index (χ2n) is 6.64. The van der Waals surface area contributed by atoms with Gasteiger partial charge in [0.25, 0.3) is 11.4 Å². The number of unbranched alkanes of at least 4 members (excludes halogenated alkanes) is 2. The van der Waals surface area contributed by atoms with E-state index in [1.807, 2.05) is 32.9 Å². The third-order valence-corrected chi connectivity index (χ3v) is 4.30.